The Morgan fingerprint density at radius 1 is 1.25 bits per heavy atom. The van der Waals surface area contributed by atoms with E-state index < -0.39 is 0 Å². The number of nitrogens with one attached hydrogen (secondary N) is 1. The van der Waals surface area contributed by atoms with Gasteiger partial charge in [-0.05, 0) is 42.9 Å². The second kappa shape index (κ2) is 5.98. The van der Waals surface area contributed by atoms with Crippen LogP contribution in [0.5, 0.6) is 0 Å². The molecule has 24 heavy (non-hydrogen) atoms. The predicted octanol–water partition coefficient (Wildman–Crippen LogP) is 3.39. The van der Waals surface area contributed by atoms with E-state index in [0.29, 0.717) is 29.1 Å². The van der Waals surface area contributed by atoms with Gasteiger partial charge in [0.25, 0.3) is 0 Å². The molecule has 122 valence electrons. The van der Waals surface area contributed by atoms with Gasteiger partial charge >= 0.3 is 0 Å². The van der Waals surface area contributed by atoms with Crippen LogP contribution in [-0.2, 0) is 11.2 Å². The molecule has 2 aliphatic rings. The Hall–Kier alpha value is -2.27. The minimum atomic E-state index is -0.0384. The zero-order valence-corrected chi connectivity index (χ0v) is 13.7. The number of halogens is 1. The first-order chi connectivity index (χ1) is 11.6. The van der Waals surface area contributed by atoms with Gasteiger partial charge in [0.05, 0.1) is 11.3 Å². The largest absolute Gasteiger partial charge is 0.294 e. The Labute approximate surface area is 144 Å². The van der Waals surface area contributed by atoms with Gasteiger partial charge in [0.15, 0.2) is 5.78 Å². The molecule has 0 spiro atoms. The van der Waals surface area contributed by atoms with Crippen molar-refractivity contribution >= 4 is 29.2 Å². The van der Waals surface area contributed by atoms with Crippen LogP contribution in [0.4, 0.5) is 5.95 Å². The lowest BCUT2D eigenvalue weighted by molar-refractivity contribution is -0.117. The molecule has 0 aliphatic heterocycles. The summed E-state index contributed by atoms with van der Waals surface area (Å²) in [5.74, 6) is 0.408. The summed E-state index contributed by atoms with van der Waals surface area (Å²) in [6, 6.07) is 7.57. The summed E-state index contributed by atoms with van der Waals surface area (Å²) in [7, 11) is 0. The number of rotatable bonds is 3. The number of Topliss-reactive ketones (excluding diaryl/α,β-unsaturated/α-hetero) is 1. The lowest BCUT2D eigenvalue weighted by atomic mass is 9.82. The highest BCUT2D eigenvalue weighted by atomic mass is 35.5. The van der Waals surface area contributed by atoms with Crippen LogP contribution in [0.1, 0.15) is 46.8 Å². The zero-order valence-electron chi connectivity index (χ0n) is 13.0. The highest BCUT2D eigenvalue weighted by molar-refractivity contribution is 6.30. The zero-order chi connectivity index (χ0) is 16.7. The first kappa shape index (κ1) is 15.3. The molecule has 0 saturated heterocycles. The first-order valence-electron chi connectivity index (χ1n) is 8.05. The average molecular weight is 342 g/mol. The molecule has 6 heteroatoms. The predicted molar refractivity (Wildman–Crippen MR) is 90.2 cm³/mol. The van der Waals surface area contributed by atoms with E-state index in [9.17, 15) is 9.59 Å². The Balaban J connectivity index is 1.60. The summed E-state index contributed by atoms with van der Waals surface area (Å²) in [6.07, 6.45) is 4.43. The second-order valence-electron chi connectivity index (χ2n) is 6.40. The van der Waals surface area contributed by atoms with Crippen molar-refractivity contribution in [1.29, 1.82) is 0 Å². The number of nitrogens with zero attached hydrogens (tertiary/aromatic N) is 2. The van der Waals surface area contributed by atoms with Crippen molar-refractivity contribution in [2.24, 2.45) is 5.92 Å². The van der Waals surface area contributed by atoms with Crippen LogP contribution >= 0.6 is 11.6 Å². The van der Waals surface area contributed by atoms with E-state index in [2.05, 4.69) is 15.3 Å². The summed E-state index contributed by atoms with van der Waals surface area (Å²) in [6.45, 7) is 0. The summed E-state index contributed by atoms with van der Waals surface area (Å²) in [4.78, 5) is 32.8. The maximum Gasteiger partial charge on any atom is 0.229 e. The lowest BCUT2D eigenvalue weighted by Gasteiger charge is -2.23. The number of fused-ring (bicyclic) bond motifs is 1. The van der Waals surface area contributed by atoms with Crippen LogP contribution in [-0.4, -0.2) is 21.7 Å². The molecule has 1 heterocycles. The van der Waals surface area contributed by atoms with Gasteiger partial charge in [0.1, 0.15) is 0 Å². The summed E-state index contributed by atoms with van der Waals surface area (Å²) in [5.41, 5.74) is 2.28. The van der Waals surface area contributed by atoms with Crippen molar-refractivity contribution in [2.45, 2.75) is 31.6 Å². The molecule has 1 fully saturated rings. The van der Waals surface area contributed by atoms with E-state index in [1.807, 2.05) is 24.3 Å². The molecule has 1 saturated carbocycles. The number of aromatic nitrogens is 2. The third kappa shape index (κ3) is 3.04. The Bertz CT molecular complexity index is 833. The third-order valence-corrected chi connectivity index (χ3v) is 4.78. The van der Waals surface area contributed by atoms with Gasteiger partial charge in [-0.25, -0.2) is 9.97 Å². The van der Waals surface area contributed by atoms with Crippen LogP contribution in [0.2, 0.25) is 5.02 Å². The quantitative estimate of drug-likeness (QED) is 0.928. The number of carbonyl (C=O) groups is 2. The maximum atomic E-state index is 12.4. The minimum Gasteiger partial charge on any atom is -0.294 e. The Kier molecular flexibility index (Phi) is 3.81. The topological polar surface area (TPSA) is 72.0 Å². The molecule has 1 amide bonds. The van der Waals surface area contributed by atoms with Crippen molar-refractivity contribution in [3.63, 3.8) is 0 Å². The molecule has 4 rings (SSSR count). The number of amides is 1. The van der Waals surface area contributed by atoms with Crippen LogP contribution in [0.25, 0.3) is 0 Å². The maximum absolute atomic E-state index is 12.4. The van der Waals surface area contributed by atoms with E-state index in [-0.39, 0.29) is 29.5 Å². The normalized spacial score (nSPS) is 19.7. The van der Waals surface area contributed by atoms with Crippen LogP contribution < -0.4 is 5.32 Å². The molecule has 1 N–H and O–H groups in total. The molecular weight excluding hydrogens is 326 g/mol. The van der Waals surface area contributed by atoms with E-state index in [1.165, 1.54) is 6.20 Å². The van der Waals surface area contributed by atoms with E-state index >= 15 is 0 Å². The van der Waals surface area contributed by atoms with Gasteiger partial charge in [-0.15, -0.1) is 0 Å². The van der Waals surface area contributed by atoms with Crippen LogP contribution in [0, 0.1) is 5.92 Å². The fourth-order valence-corrected chi connectivity index (χ4v) is 3.26. The number of ketones is 1. The second-order valence-corrected chi connectivity index (χ2v) is 6.84. The minimum absolute atomic E-state index is 0.0290. The van der Waals surface area contributed by atoms with Crippen molar-refractivity contribution in [3.8, 4) is 0 Å². The van der Waals surface area contributed by atoms with Crippen molar-refractivity contribution in [3.05, 3.63) is 52.3 Å². The molecule has 2 aliphatic carbocycles. The third-order valence-electron chi connectivity index (χ3n) is 4.54. The average Bonchev–Trinajstić information content (AvgIpc) is 3.39. The standard InChI is InChI=1S/C18H16ClN3O2/c19-13-3-1-2-11(6-13)12-7-15-14(16(23)8-12)9-20-18(21-15)22-17(24)10-4-5-10/h1-3,6,9-10,12H,4-5,7-8H2,(H,20,21,22,24)/t12-/m1/s1. The molecule has 0 bridgehead atoms. The van der Waals surface area contributed by atoms with Crippen molar-refractivity contribution in [1.82, 2.24) is 9.97 Å². The smallest absolute Gasteiger partial charge is 0.229 e. The fourth-order valence-electron chi connectivity index (χ4n) is 3.06. The molecule has 5 nitrogen and oxygen atoms in total. The number of benzene rings is 1. The Morgan fingerprint density at radius 2 is 2.08 bits per heavy atom. The molecule has 0 radical (unpaired) electrons. The Morgan fingerprint density at radius 3 is 2.83 bits per heavy atom. The van der Waals surface area contributed by atoms with Gasteiger partial charge in [0, 0.05) is 23.6 Å². The highest BCUT2D eigenvalue weighted by Gasteiger charge is 2.31. The number of carbonyl (C=O) groups excluding carboxylic acids is 2. The van der Waals surface area contributed by atoms with Gasteiger partial charge < -0.3 is 0 Å². The number of hydrogen-bond donors (Lipinski definition) is 1. The van der Waals surface area contributed by atoms with E-state index in [0.717, 1.165) is 18.4 Å². The molecule has 0 unspecified atom stereocenters. The van der Waals surface area contributed by atoms with Gasteiger partial charge in [-0.3, -0.25) is 14.9 Å². The lowest BCUT2D eigenvalue weighted by Crippen LogP contribution is -2.22. The van der Waals surface area contributed by atoms with Crippen molar-refractivity contribution < 1.29 is 9.59 Å². The summed E-state index contributed by atoms with van der Waals surface area (Å²) < 4.78 is 0. The number of hydrogen-bond acceptors (Lipinski definition) is 4. The monoisotopic (exact) mass is 341 g/mol. The number of anilines is 1. The van der Waals surface area contributed by atoms with Crippen LogP contribution in [0.3, 0.4) is 0 Å². The van der Waals surface area contributed by atoms with Gasteiger partial charge in [-0.2, -0.15) is 0 Å². The molecule has 1 aromatic heterocycles. The molecule has 2 aromatic rings. The van der Waals surface area contributed by atoms with Gasteiger partial charge in [0.2, 0.25) is 11.9 Å². The summed E-state index contributed by atoms with van der Waals surface area (Å²) in [5, 5.41) is 3.40. The molecule has 1 aromatic carbocycles. The van der Waals surface area contributed by atoms with E-state index in [1.54, 1.807) is 0 Å². The van der Waals surface area contributed by atoms with Crippen molar-refractivity contribution in [2.75, 3.05) is 5.32 Å². The summed E-state index contributed by atoms with van der Waals surface area (Å²) >= 11 is 6.06. The fraction of sp³-hybridized carbons (Fsp3) is 0.333. The highest BCUT2D eigenvalue weighted by Crippen LogP contribution is 2.33. The molecule has 1 atom stereocenters. The SMILES string of the molecule is O=C1C[C@H](c2cccc(Cl)c2)Cc2nc(NC(=O)C3CC3)ncc21. The first-order valence-corrected chi connectivity index (χ1v) is 8.43. The van der Waals surface area contributed by atoms with Gasteiger partial charge in [-0.1, -0.05) is 23.7 Å². The van der Waals surface area contributed by atoms with E-state index in [4.69, 9.17) is 11.6 Å². The molecular formula is C18H16ClN3O2. The van der Waals surface area contributed by atoms with Crippen LogP contribution in [0.15, 0.2) is 30.5 Å².